The molecule has 0 bridgehead atoms. The molecule has 0 radical (unpaired) electrons. The number of aromatic nitrogens is 3. The van der Waals surface area contributed by atoms with Crippen LogP contribution >= 0.6 is 0 Å². The summed E-state index contributed by atoms with van der Waals surface area (Å²) >= 11 is 0. The maximum Gasteiger partial charge on any atom is 0.272 e. The first-order valence-electron chi connectivity index (χ1n) is 8.72. The lowest BCUT2D eigenvalue weighted by Crippen LogP contribution is -2.33. The van der Waals surface area contributed by atoms with Crippen LogP contribution in [-0.4, -0.2) is 32.1 Å². The second-order valence-corrected chi connectivity index (χ2v) is 6.41. The van der Waals surface area contributed by atoms with Gasteiger partial charge < -0.3 is 4.90 Å². The monoisotopic (exact) mass is 336 g/mol. The van der Waals surface area contributed by atoms with Gasteiger partial charge in [0.1, 0.15) is 5.69 Å². The zero-order valence-corrected chi connectivity index (χ0v) is 15.1. The van der Waals surface area contributed by atoms with Crippen molar-refractivity contribution in [1.29, 1.82) is 0 Å². The van der Waals surface area contributed by atoms with Gasteiger partial charge in [0.25, 0.3) is 5.91 Å². The molecule has 3 rings (SSSR count). The number of rotatable bonds is 6. The van der Waals surface area contributed by atoms with Crippen molar-refractivity contribution in [3.63, 3.8) is 0 Å². The van der Waals surface area contributed by atoms with E-state index in [1.54, 1.807) is 4.68 Å². The van der Waals surface area contributed by atoms with Crippen molar-refractivity contribution in [1.82, 2.24) is 19.7 Å². The number of carbonyl (C=O) groups excluding carboxylic acids is 1. The van der Waals surface area contributed by atoms with Gasteiger partial charge in [-0.2, -0.15) is 5.10 Å². The molecular weight excluding hydrogens is 312 g/mol. The molecule has 0 spiro atoms. The van der Waals surface area contributed by atoms with E-state index < -0.39 is 0 Å². The SMILES string of the molecule is CCCCN(Cc1cnc2ccccc2c1)C(=O)c1cc(C)nn1C. The van der Waals surface area contributed by atoms with Gasteiger partial charge in [-0.3, -0.25) is 14.5 Å². The van der Waals surface area contributed by atoms with Crippen molar-refractivity contribution in [2.75, 3.05) is 6.54 Å². The lowest BCUT2D eigenvalue weighted by molar-refractivity contribution is 0.0729. The van der Waals surface area contributed by atoms with Gasteiger partial charge in [0.2, 0.25) is 0 Å². The van der Waals surface area contributed by atoms with Crippen LogP contribution in [0, 0.1) is 6.92 Å². The van der Waals surface area contributed by atoms with Crippen LogP contribution in [0.25, 0.3) is 10.9 Å². The van der Waals surface area contributed by atoms with E-state index in [2.05, 4.69) is 29.1 Å². The Balaban J connectivity index is 1.86. The highest BCUT2D eigenvalue weighted by Crippen LogP contribution is 2.16. The number of nitrogens with zero attached hydrogens (tertiary/aromatic N) is 4. The Morgan fingerprint density at radius 3 is 2.76 bits per heavy atom. The quantitative estimate of drug-likeness (QED) is 0.689. The summed E-state index contributed by atoms with van der Waals surface area (Å²) in [6.45, 7) is 5.32. The van der Waals surface area contributed by atoms with Gasteiger partial charge in [-0.05, 0) is 37.1 Å². The number of para-hydroxylation sites is 1. The maximum atomic E-state index is 13.0. The summed E-state index contributed by atoms with van der Waals surface area (Å²) in [5.74, 6) is 0.0182. The zero-order valence-electron chi connectivity index (χ0n) is 15.1. The molecule has 2 heterocycles. The topological polar surface area (TPSA) is 51.0 Å². The Hall–Kier alpha value is -2.69. The fourth-order valence-corrected chi connectivity index (χ4v) is 3.00. The van der Waals surface area contributed by atoms with Crippen molar-refractivity contribution in [2.24, 2.45) is 7.05 Å². The summed E-state index contributed by atoms with van der Waals surface area (Å²) in [7, 11) is 1.82. The van der Waals surface area contributed by atoms with E-state index >= 15 is 0 Å². The minimum absolute atomic E-state index is 0.0182. The highest BCUT2D eigenvalue weighted by atomic mass is 16.2. The van der Waals surface area contributed by atoms with Crippen molar-refractivity contribution < 1.29 is 4.79 Å². The summed E-state index contributed by atoms with van der Waals surface area (Å²) in [5.41, 5.74) is 3.50. The summed E-state index contributed by atoms with van der Waals surface area (Å²) in [4.78, 5) is 19.4. The van der Waals surface area contributed by atoms with E-state index in [9.17, 15) is 4.79 Å². The van der Waals surface area contributed by atoms with Gasteiger partial charge in [-0.25, -0.2) is 0 Å². The number of hydrogen-bond donors (Lipinski definition) is 0. The number of hydrogen-bond acceptors (Lipinski definition) is 3. The Bertz CT molecular complexity index is 884. The van der Waals surface area contributed by atoms with E-state index in [4.69, 9.17) is 0 Å². The molecule has 2 aromatic heterocycles. The van der Waals surface area contributed by atoms with Crippen LogP contribution in [0.5, 0.6) is 0 Å². The van der Waals surface area contributed by atoms with Crippen LogP contribution in [0.1, 0.15) is 41.5 Å². The molecule has 25 heavy (non-hydrogen) atoms. The highest BCUT2D eigenvalue weighted by molar-refractivity contribution is 5.92. The molecule has 0 saturated heterocycles. The van der Waals surface area contributed by atoms with E-state index in [-0.39, 0.29) is 5.91 Å². The Morgan fingerprint density at radius 1 is 1.24 bits per heavy atom. The van der Waals surface area contributed by atoms with Gasteiger partial charge in [-0.15, -0.1) is 0 Å². The molecule has 0 aliphatic carbocycles. The van der Waals surface area contributed by atoms with Crippen molar-refractivity contribution in [3.05, 3.63) is 59.5 Å². The Labute approximate surface area is 148 Å². The minimum atomic E-state index is 0.0182. The van der Waals surface area contributed by atoms with Crippen LogP contribution < -0.4 is 0 Å². The third kappa shape index (κ3) is 3.87. The van der Waals surface area contributed by atoms with E-state index in [0.717, 1.165) is 41.5 Å². The van der Waals surface area contributed by atoms with Gasteiger partial charge in [-0.1, -0.05) is 31.5 Å². The van der Waals surface area contributed by atoms with Crippen LogP contribution in [0.4, 0.5) is 0 Å². The second-order valence-electron chi connectivity index (χ2n) is 6.41. The minimum Gasteiger partial charge on any atom is -0.333 e. The first kappa shape index (κ1) is 17.1. The molecule has 0 unspecified atom stereocenters. The van der Waals surface area contributed by atoms with Crippen molar-refractivity contribution in [3.8, 4) is 0 Å². The molecule has 1 amide bonds. The smallest absolute Gasteiger partial charge is 0.272 e. The van der Waals surface area contributed by atoms with Crippen LogP contribution in [0.2, 0.25) is 0 Å². The predicted octanol–water partition coefficient (Wildman–Crippen LogP) is 3.72. The first-order valence-corrected chi connectivity index (χ1v) is 8.72. The second kappa shape index (κ2) is 7.47. The molecule has 3 aromatic rings. The number of aryl methyl sites for hydroxylation is 2. The fourth-order valence-electron chi connectivity index (χ4n) is 3.00. The first-order chi connectivity index (χ1) is 12.1. The Morgan fingerprint density at radius 2 is 2.04 bits per heavy atom. The third-order valence-corrected chi connectivity index (χ3v) is 4.31. The van der Waals surface area contributed by atoms with Crippen molar-refractivity contribution >= 4 is 16.8 Å². The maximum absolute atomic E-state index is 13.0. The lowest BCUT2D eigenvalue weighted by Gasteiger charge is -2.22. The van der Waals surface area contributed by atoms with E-state index in [1.807, 2.05) is 49.3 Å². The average molecular weight is 336 g/mol. The summed E-state index contributed by atoms with van der Waals surface area (Å²) in [6.07, 6.45) is 3.89. The van der Waals surface area contributed by atoms with Gasteiger partial charge in [0.05, 0.1) is 11.2 Å². The third-order valence-electron chi connectivity index (χ3n) is 4.31. The van der Waals surface area contributed by atoms with Crippen LogP contribution in [0.15, 0.2) is 42.6 Å². The van der Waals surface area contributed by atoms with Gasteiger partial charge >= 0.3 is 0 Å². The van der Waals surface area contributed by atoms with Gasteiger partial charge in [0.15, 0.2) is 0 Å². The predicted molar refractivity (Wildman–Crippen MR) is 99.3 cm³/mol. The number of pyridine rings is 1. The molecule has 1 aromatic carbocycles. The summed E-state index contributed by atoms with van der Waals surface area (Å²) < 4.78 is 1.66. The van der Waals surface area contributed by atoms with E-state index in [1.165, 1.54) is 0 Å². The molecular formula is C20H24N4O. The average Bonchev–Trinajstić information content (AvgIpc) is 2.96. The molecule has 0 aliphatic rings. The van der Waals surface area contributed by atoms with Crippen molar-refractivity contribution in [2.45, 2.75) is 33.2 Å². The number of carbonyl (C=O) groups is 1. The van der Waals surface area contributed by atoms with E-state index in [0.29, 0.717) is 12.2 Å². The number of amides is 1. The molecule has 0 fully saturated rings. The van der Waals surface area contributed by atoms with Gasteiger partial charge in [0, 0.05) is 31.7 Å². The normalized spacial score (nSPS) is 11.0. The Kier molecular flexibility index (Phi) is 5.12. The number of benzene rings is 1. The molecule has 130 valence electrons. The lowest BCUT2D eigenvalue weighted by atomic mass is 10.1. The molecule has 0 N–H and O–H groups in total. The zero-order chi connectivity index (χ0) is 17.8. The number of fused-ring (bicyclic) bond motifs is 1. The largest absolute Gasteiger partial charge is 0.333 e. The summed E-state index contributed by atoms with van der Waals surface area (Å²) in [6, 6.07) is 12.0. The highest BCUT2D eigenvalue weighted by Gasteiger charge is 2.19. The fraction of sp³-hybridized carbons (Fsp3) is 0.350. The molecule has 0 aliphatic heterocycles. The standard InChI is InChI=1S/C20H24N4O/c1-4-5-10-24(20(25)19-11-15(2)22-23(19)3)14-16-12-17-8-6-7-9-18(17)21-13-16/h6-9,11-13H,4-5,10,14H2,1-3H3. The van der Waals surface area contributed by atoms with Crippen LogP contribution in [0.3, 0.4) is 0 Å². The molecule has 5 heteroatoms. The molecule has 0 atom stereocenters. The van der Waals surface area contributed by atoms with Crippen LogP contribution in [-0.2, 0) is 13.6 Å². The summed E-state index contributed by atoms with van der Waals surface area (Å²) in [5, 5.41) is 5.40. The molecule has 0 saturated carbocycles. The molecule has 5 nitrogen and oxygen atoms in total. The number of unbranched alkanes of at least 4 members (excludes halogenated alkanes) is 1.